The molecule has 4 nitrogen and oxygen atoms in total. The van der Waals surface area contributed by atoms with Gasteiger partial charge < -0.3 is 9.74 Å². The van der Waals surface area contributed by atoms with Gasteiger partial charge in [-0.15, -0.1) is 0 Å². The van der Waals surface area contributed by atoms with Crippen LogP contribution in [0.2, 0.25) is 0 Å². The summed E-state index contributed by atoms with van der Waals surface area (Å²) in [4.78, 5) is 8.35. The summed E-state index contributed by atoms with van der Waals surface area (Å²) in [6.07, 6.45) is 4.36. The normalized spacial score (nSPS) is 15.1. The Morgan fingerprint density at radius 3 is 2.80 bits per heavy atom. The molecule has 0 radical (unpaired) electrons. The van der Waals surface area contributed by atoms with E-state index < -0.39 is 0 Å². The Balaban J connectivity index is 1.80. The van der Waals surface area contributed by atoms with Crippen molar-refractivity contribution in [2.75, 3.05) is 18.1 Å². The molecule has 5 heteroatoms. The van der Waals surface area contributed by atoms with Crippen LogP contribution in [0.15, 0.2) is 70.7 Å². The van der Waals surface area contributed by atoms with Gasteiger partial charge in [-0.1, -0.05) is 36.0 Å². The predicted octanol–water partition coefficient (Wildman–Crippen LogP) is 3.47. The van der Waals surface area contributed by atoms with Crippen LogP contribution in [0.1, 0.15) is 5.56 Å². The monoisotopic (exact) mass is 350 g/mol. The molecule has 1 aliphatic rings. The van der Waals surface area contributed by atoms with E-state index in [1.807, 2.05) is 0 Å². The van der Waals surface area contributed by atoms with Gasteiger partial charge in [-0.25, -0.2) is 10.5 Å². The van der Waals surface area contributed by atoms with Gasteiger partial charge in [-0.3, -0.25) is 0 Å². The summed E-state index contributed by atoms with van der Waals surface area (Å²) in [5.74, 6) is 5.26. The molecule has 0 aliphatic carbocycles. The Morgan fingerprint density at radius 1 is 1.12 bits per heavy atom. The van der Waals surface area contributed by atoms with Gasteiger partial charge in [-0.05, 0) is 29.8 Å². The van der Waals surface area contributed by atoms with Gasteiger partial charge in [0.2, 0.25) is 5.52 Å². The molecular formula is C20H20N3OS+. The van der Waals surface area contributed by atoms with Crippen molar-refractivity contribution < 1.29 is 9.40 Å². The zero-order chi connectivity index (χ0) is 17.2. The highest BCUT2D eigenvalue weighted by atomic mass is 32.2. The first-order valence-electron chi connectivity index (χ1n) is 8.23. The SMILES string of the molecule is C[n+]1ccc(/C=C2\Sc3ccccc3N2CCON)c2ccccc21. The van der Waals surface area contributed by atoms with Crippen LogP contribution in [0.4, 0.5) is 5.69 Å². The number of para-hydroxylation sites is 2. The van der Waals surface area contributed by atoms with Crippen molar-refractivity contribution in [2.24, 2.45) is 12.9 Å². The van der Waals surface area contributed by atoms with Crippen molar-refractivity contribution in [1.82, 2.24) is 0 Å². The second-order valence-corrected chi connectivity index (χ2v) is 7.04. The molecule has 1 aromatic heterocycles. The van der Waals surface area contributed by atoms with Gasteiger partial charge in [0.1, 0.15) is 7.05 Å². The highest BCUT2D eigenvalue weighted by molar-refractivity contribution is 8.03. The van der Waals surface area contributed by atoms with Crippen LogP contribution < -0.4 is 15.4 Å². The van der Waals surface area contributed by atoms with Crippen molar-refractivity contribution in [3.63, 3.8) is 0 Å². The standard InChI is InChI=1S/C20H20N3OS/c1-22-11-10-15(16-6-2-3-7-17(16)22)14-20-23(12-13-24-21)18-8-4-5-9-19(18)25-20/h2-11,14H,12-13,21H2,1H3/q+1. The molecule has 0 bridgehead atoms. The molecule has 0 atom stereocenters. The summed E-state index contributed by atoms with van der Waals surface area (Å²) < 4.78 is 2.15. The first-order valence-corrected chi connectivity index (χ1v) is 9.05. The van der Waals surface area contributed by atoms with Crippen molar-refractivity contribution in [2.45, 2.75) is 4.90 Å². The molecule has 4 rings (SSSR count). The van der Waals surface area contributed by atoms with E-state index in [4.69, 9.17) is 10.7 Å². The lowest BCUT2D eigenvalue weighted by Gasteiger charge is -2.19. The van der Waals surface area contributed by atoms with E-state index in [2.05, 4.69) is 83.4 Å². The number of anilines is 1. The van der Waals surface area contributed by atoms with Crippen molar-refractivity contribution in [3.8, 4) is 0 Å². The Kier molecular flexibility index (Phi) is 4.44. The van der Waals surface area contributed by atoms with Gasteiger partial charge >= 0.3 is 0 Å². The molecule has 126 valence electrons. The van der Waals surface area contributed by atoms with E-state index in [9.17, 15) is 0 Å². The quantitative estimate of drug-likeness (QED) is 0.578. The first kappa shape index (κ1) is 16.1. The minimum absolute atomic E-state index is 0.483. The third-order valence-corrected chi connectivity index (χ3v) is 5.53. The van der Waals surface area contributed by atoms with E-state index in [0.717, 1.165) is 6.54 Å². The number of fused-ring (bicyclic) bond motifs is 2. The molecule has 25 heavy (non-hydrogen) atoms. The average molecular weight is 350 g/mol. The number of benzene rings is 2. The number of nitrogens with two attached hydrogens (primary N) is 1. The van der Waals surface area contributed by atoms with Gasteiger partial charge in [0.25, 0.3) is 0 Å². The minimum atomic E-state index is 0.483. The van der Waals surface area contributed by atoms with E-state index >= 15 is 0 Å². The number of nitrogens with zero attached hydrogens (tertiary/aromatic N) is 2. The van der Waals surface area contributed by atoms with E-state index in [0.29, 0.717) is 6.61 Å². The van der Waals surface area contributed by atoms with Crippen LogP contribution in [0.3, 0.4) is 0 Å². The summed E-state index contributed by atoms with van der Waals surface area (Å²) in [5, 5.41) is 2.43. The number of hydrogen-bond acceptors (Lipinski definition) is 4. The fourth-order valence-electron chi connectivity index (χ4n) is 3.18. The summed E-state index contributed by atoms with van der Waals surface area (Å²) in [6, 6.07) is 19.1. The molecule has 0 saturated heterocycles. The number of rotatable bonds is 4. The summed E-state index contributed by atoms with van der Waals surface area (Å²) in [6.45, 7) is 1.21. The number of hydrogen-bond donors (Lipinski definition) is 1. The van der Waals surface area contributed by atoms with Crippen molar-refractivity contribution in [3.05, 3.63) is 71.4 Å². The van der Waals surface area contributed by atoms with Crippen LogP contribution in [0.5, 0.6) is 0 Å². The minimum Gasteiger partial charge on any atom is -0.333 e. The first-order chi connectivity index (χ1) is 12.3. The van der Waals surface area contributed by atoms with E-state index in [-0.39, 0.29) is 0 Å². The molecule has 3 aromatic rings. The number of aryl methyl sites for hydroxylation is 1. The molecule has 2 aromatic carbocycles. The smallest absolute Gasteiger partial charge is 0.212 e. The van der Waals surface area contributed by atoms with Crippen LogP contribution in [-0.4, -0.2) is 13.2 Å². The lowest BCUT2D eigenvalue weighted by atomic mass is 10.1. The second-order valence-electron chi connectivity index (χ2n) is 5.97. The third kappa shape index (κ3) is 3.02. The van der Waals surface area contributed by atoms with Crippen molar-refractivity contribution >= 4 is 34.4 Å². The van der Waals surface area contributed by atoms with Gasteiger partial charge in [0.05, 0.1) is 22.7 Å². The summed E-state index contributed by atoms with van der Waals surface area (Å²) in [7, 11) is 2.07. The largest absolute Gasteiger partial charge is 0.333 e. The maximum Gasteiger partial charge on any atom is 0.212 e. The topological polar surface area (TPSA) is 42.4 Å². The van der Waals surface area contributed by atoms with Crippen molar-refractivity contribution in [1.29, 1.82) is 0 Å². The van der Waals surface area contributed by atoms with Crippen LogP contribution in [0, 0.1) is 0 Å². The predicted molar refractivity (Wildman–Crippen MR) is 103 cm³/mol. The summed E-state index contributed by atoms with van der Waals surface area (Å²) >= 11 is 1.79. The Labute approximate surface area is 151 Å². The molecular weight excluding hydrogens is 330 g/mol. The second kappa shape index (κ2) is 6.88. The van der Waals surface area contributed by atoms with Crippen LogP contribution in [0.25, 0.3) is 17.0 Å². The average Bonchev–Trinajstić information content (AvgIpc) is 2.99. The highest BCUT2D eigenvalue weighted by Gasteiger charge is 2.24. The Bertz CT molecular complexity index is 955. The number of pyridine rings is 1. The van der Waals surface area contributed by atoms with E-state index in [1.54, 1.807) is 11.8 Å². The van der Waals surface area contributed by atoms with E-state index in [1.165, 1.54) is 32.1 Å². The molecule has 0 saturated carbocycles. The maximum atomic E-state index is 5.26. The zero-order valence-electron chi connectivity index (χ0n) is 14.1. The molecule has 2 N–H and O–H groups in total. The number of thioether (sulfide) groups is 1. The lowest BCUT2D eigenvalue weighted by Crippen LogP contribution is -2.28. The highest BCUT2D eigenvalue weighted by Crippen LogP contribution is 2.46. The van der Waals surface area contributed by atoms with Crippen LogP contribution >= 0.6 is 11.8 Å². The maximum absolute atomic E-state index is 5.26. The van der Waals surface area contributed by atoms with Gasteiger partial charge in [0, 0.05) is 23.6 Å². The van der Waals surface area contributed by atoms with Crippen LogP contribution in [-0.2, 0) is 11.9 Å². The fourth-order valence-corrected chi connectivity index (χ4v) is 4.32. The molecule has 0 fully saturated rings. The Morgan fingerprint density at radius 2 is 1.92 bits per heavy atom. The molecule has 0 spiro atoms. The third-order valence-electron chi connectivity index (χ3n) is 4.42. The fraction of sp³-hybridized carbons (Fsp3) is 0.150. The van der Waals surface area contributed by atoms with Gasteiger partial charge in [0.15, 0.2) is 6.20 Å². The molecule has 0 unspecified atom stereocenters. The van der Waals surface area contributed by atoms with Gasteiger partial charge in [-0.2, -0.15) is 0 Å². The molecule has 0 amide bonds. The zero-order valence-corrected chi connectivity index (χ0v) is 14.9. The summed E-state index contributed by atoms with van der Waals surface area (Å²) in [5.41, 5.74) is 3.64. The number of aromatic nitrogens is 1. The lowest BCUT2D eigenvalue weighted by molar-refractivity contribution is -0.644. The Hall–Kier alpha value is -2.34. The molecule has 2 heterocycles. The molecule has 1 aliphatic heterocycles.